The first-order valence-corrected chi connectivity index (χ1v) is 8.31. The van der Waals surface area contributed by atoms with Gasteiger partial charge in [-0.1, -0.05) is 19.1 Å². The number of anilines is 1. The number of hydrogen-bond donors (Lipinski definition) is 2. The van der Waals surface area contributed by atoms with Crippen molar-refractivity contribution in [3.05, 3.63) is 53.6 Å². The molecule has 0 fully saturated rings. The number of ether oxygens (including phenoxy) is 1. The van der Waals surface area contributed by atoms with E-state index < -0.39 is 0 Å². The molecule has 0 unspecified atom stereocenters. The number of hydrogen-bond acceptors (Lipinski definition) is 6. The SMILES string of the molecule is CCc1cnc(C(=O)Nc2ccc(CC[C@H]3COC(N)=N3)cc2)cn1. The number of aryl methyl sites for hydroxylation is 2. The van der Waals surface area contributed by atoms with Crippen LogP contribution in [-0.4, -0.2) is 34.5 Å². The number of aliphatic imine (C=N–C) groups is 1. The van der Waals surface area contributed by atoms with Crippen molar-refractivity contribution in [3.63, 3.8) is 0 Å². The summed E-state index contributed by atoms with van der Waals surface area (Å²) in [7, 11) is 0. The lowest BCUT2D eigenvalue weighted by atomic mass is 10.1. The van der Waals surface area contributed by atoms with Gasteiger partial charge in [-0.05, 0) is 37.0 Å². The van der Waals surface area contributed by atoms with Gasteiger partial charge >= 0.3 is 0 Å². The minimum absolute atomic E-state index is 0.129. The van der Waals surface area contributed by atoms with E-state index in [-0.39, 0.29) is 18.0 Å². The predicted molar refractivity (Wildman–Crippen MR) is 95.5 cm³/mol. The summed E-state index contributed by atoms with van der Waals surface area (Å²) in [6, 6.07) is 8.14. The summed E-state index contributed by atoms with van der Waals surface area (Å²) in [5.74, 6) is -0.268. The standard InChI is InChI=1S/C18H21N5O2/c1-2-13-9-21-16(10-20-13)17(24)22-14-6-3-12(4-7-14)5-8-15-11-25-18(19)23-15/h3-4,6-7,9-10,15H,2,5,8,11H2,1H3,(H2,19,23)(H,22,24)/t15-/m0/s1. The van der Waals surface area contributed by atoms with Crippen LogP contribution in [0.3, 0.4) is 0 Å². The van der Waals surface area contributed by atoms with E-state index in [2.05, 4.69) is 20.3 Å². The van der Waals surface area contributed by atoms with Gasteiger partial charge in [0.2, 0.25) is 0 Å². The molecular weight excluding hydrogens is 318 g/mol. The fourth-order valence-electron chi connectivity index (χ4n) is 2.52. The van der Waals surface area contributed by atoms with E-state index in [1.807, 2.05) is 31.2 Å². The van der Waals surface area contributed by atoms with E-state index in [1.54, 1.807) is 6.20 Å². The van der Waals surface area contributed by atoms with Crippen LogP contribution in [0.25, 0.3) is 0 Å². The number of amidine groups is 1. The van der Waals surface area contributed by atoms with Gasteiger partial charge in [0.15, 0.2) is 0 Å². The molecule has 1 aliphatic rings. The molecule has 1 amide bonds. The third kappa shape index (κ3) is 4.53. The first-order valence-electron chi connectivity index (χ1n) is 8.31. The van der Waals surface area contributed by atoms with Gasteiger partial charge in [-0.15, -0.1) is 0 Å². The molecule has 2 aromatic rings. The molecule has 1 aromatic carbocycles. The third-order valence-corrected chi connectivity index (χ3v) is 4.01. The van der Waals surface area contributed by atoms with Crippen LogP contribution in [0.4, 0.5) is 5.69 Å². The van der Waals surface area contributed by atoms with Gasteiger partial charge in [-0.2, -0.15) is 0 Å². The van der Waals surface area contributed by atoms with Crippen molar-refractivity contribution in [2.24, 2.45) is 10.7 Å². The van der Waals surface area contributed by atoms with Crippen LogP contribution in [0.1, 0.15) is 35.1 Å². The Kier molecular flexibility index (Phi) is 5.23. The topological polar surface area (TPSA) is 102 Å². The Morgan fingerprint density at radius 2 is 2.08 bits per heavy atom. The Hall–Kier alpha value is -2.96. The smallest absolute Gasteiger partial charge is 0.282 e. The van der Waals surface area contributed by atoms with E-state index in [4.69, 9.17) is 10.5 Å². The van der Waals surface area contributed by atoms with Gasteiger partial charge in [0.05, 0.1) is 17.9 Å². The molecule has 0 spiro atoms. The number of carbonyl (C=O) groups excluding carboxylic acids is 1. The molecule has 1 atom stereocenters. The summed E-state index contributed by atoms with van der Waals surface area (Å²) in [5.41, 5.74) is 8.56. The number of amides is 1. The quantitative estimate of drug-likeness (QED) is 0.837. The normalized spacial score (nSPS) is 16.2. The lowest BCUT2D eigenvalue weighted by Crippen LogP contribution is -2.14. The molecule has 0 radical (unpaired) electrons. The van der Waals surface area contributed by atoms with Crippen LogP contribution in [0.15, 0.2) is 41.7 Å². The minimum atomic E-state index is -0.268. The fraction of sp³-hybridized carbons (Fsp3) is 0.333. The molecule has 3 rings (SSSR count). The van der Waals surface area contributed by atoms with E-state index in [1.165, 1.54) is 11.8 Å². The number of aromatic nitrogens is 2. The highest BCUT2D eigenvalue weighted by molar-refractivity contribution is 6.02. The Morgan fingerprint density at radius 3 is 2.68 bits per heavy atom. The first-order chi connectivity index (χ1) is 12.1. The highest BCUT2D eigenvalue weighted by Crippen LogP contribution is 2.15. The van der Waals surface area contributed by atoms with Crippen molar-refractivity contribution in [1.29, 1.82) is 0 Å². The van der Waals surface area contributed by atoms with Crippen LogP contribution in [0.2, 0.25) is 0 Å². The Labute approximate surface area is 146 Å². The molecule has 1 aromatic heterocycles. The molecular formula is C18H21N5O2. The molecule has 25 heavy (non-hydrogen) atoms. The van der Waals surface area contributed by atoms with Crippen molar-refractivity contribution in [1.82, 2.24) is 9.97 Å². The van der Waals surface area contributed by atoms with Crippen molar-refractivity contribution < 1.29 is 9.53 Å². The van der Waals surface area contributed by atoms with Gasteiger partial charge in [0, 0.05) is 11.9 Å². The van der Waals surface area contributed by atoms with Crippen molar-refractivity contribution in [2.45, 2.75) is 32.2 Å². The van der Waals surface area contributed by atoms with Crippen molar-refractivity contribution >= 4 is 17.6 Å². The summed E-state index contributed by atoms with van der Waals surface area (Å²) in [6.07, 6.45) is 5.68. The number of benzene rings is 1. The van der Waals surface area contributed by atoms with E-state index >= 15 is 0 Å². The molecule has 0 bridgehead atoms. The number of carbonyl (C=O) groups is 1. The highest BCUT2D eigenvalue weighted by atomic mass is 16.5. The maximum absolute atomic E-state index is 12.2. The van der Waals surface area contributed by atoms with Crippen molar-refractivity contribution in [3.8, 4) is 0 Å². The fourth-order valence-corrected chi connectivity index (χ4v) is 2.52. The number of nitrogens with zero attached hydrogens (tertiary/aromatic N) is 3. The zero-order chi connectivity index (χ0) is 17.6. The van der Waals surface area contributed by atoms with Crippen LogP contribution < -0.4 is 11.1 Å². The van der Waals surface area contributed by atoms with E-state index in [0.717, 1.165) is 30.6 Å². The Balaban J connectivity index is 1.53. The molecule has 0 saturated carbocycles. The second-order valence-corrected chi connectivity index (χ2v) is 5.87. The second-order valence-electron chi connectivity index (χ2n) is 5.87. The number of nitrogens with two attached hydrogens (primary N) is 1. The summed E-state index contributed by atoms with van der Waals surface area (Å²) >= 11 is 0. The van der Waals surface area contributed by atoms with Gasteiger partial charge in [0.1, 0.15) is 12.3 Å². The second kappa shape index (κ2) is 7.74. The Morgan fingerprint density at radius 1 is 1.28 bits per heavy atom. The molecule has 2 heterocycles. The van der Waals surface area contributed by atoms with Crippen molar-refractivity contribution in [2.75, 3.05) is 11.9 Å². The zero-order valence-corrected chi connectivity index (χ0v) is 14.1. The lowest BCUT2D eigenvalue weighted by Gasteiger charge is -2.08. The summed E-state index contributed by atoms with van der Waals surface area (Å²) in [6.45, 7) is 2.55. The first kappa shape index (κ1) is 16.9. The molecule has 0 aliphatic carbocycles. The van der Waals surface area contributed by atoms with Gasteiger partial charge in [0.25, 0.3) is 11.9 Å². The van der Waals surface area contributed by atoms with Gasteiger partial charge < -0.3 is 15.8 Å². The van der Waals surface area contributed by atoms with Crippen LogP contribution in [0, 0.1) is 0 Å². The van der Waals surface area contributed by atoms with Crippen LogP contribution >= 0.6 is 0 Å². The van der Waals surface area contributed by atoms with Gasteiger partial charge in [-0.25, -0.2) is 9.98 Å². The predicted octanol–water partition coefficient (Wildman–Crippen LogP) is 1.94. The average molecular weight is 339 g/mol. The lowest BCUT2D eigenvalue weighted by molar-refractivity contribution is 0.102. The molecule has 3 N–H and O–H groups in total. The Bertz CT molecular complexity index is 756. The molecule has 1 aliphatic heterocycles. The van der Waals surface area contributed by atoms with Crippen LogP contribution in [0.5, 0.6) is 0 Å². The van der Waals surface area contributed by atoms with E-state index in [9.17, 15) is 4.79 Å². The average Bonchev–Trinajstić information content (AvgIpc) is 3.06. The molecule has 7 nitrogen and oxygen atoms in total. The van der Waals surface area contributed by atoms with E-state index in [0.29, 0.717) is 12.3 Å². The molecule has 0 saturated heterocycles. The molecule has 7 heteroatoms. The third-order valence-electron chi connectivity index (χ3n) is 4.01. The maximum atomic E-state index is 12.2. The monoisotopic (exact) mass is 339 g/mol. The number of rotatable bonds is 6. The minimum Gasteiger partial charge on any atom is -0.463 e. The number of nitrogens with one attached hydrogen (secondary N) is 1. The summed E-state index contributed by atoms with van der Waals surface area (Å²) < 4.78 is 5.14. The molecule has 130 valence electrons. The summed E-state index contributed by atoms with van der Waals surface area (Å²) in [4.78, 5) is 24.7. The van der Waals surface area contributed by atoms with Crippen LogP contribution in [-0.2, 0) is 17.6 Å². The highest BCUT2D eigenvalue weighted by Gasteiger charge is 2.16. The zero-order valence-electron chi connectivity index (χ0n) is 14.1. The summed E-state index contributed by atoms with van der Waals surface area (Å²) in [5, 5.41) is 2.83. The maximum Gasteiger partial charge on any atom is 0.282 e. The largest absolute Gasteiger partial charge is 0.463 e. The van der Waals surface area contributed by atoms with Gasteiger partial charge in [-0.3, -0.25) is 9.78 Å².